The zero-order chi connectivity index (χ0) is 15.9. The van der Waals surface area contributed by atoms with Crippen molar-refractivity contribution in [1.82, 2.24) is 4.90 Å². The number of likely N-dealkylation sites (tertiary alicyclic amines) is 1. The van der Waals surface area contributed by atoms with Gasteiger partial charge in [0.2, 0.25) is 5.91 Å². The predicted octanol–water partition coefficient (Wildman–Crippen LogP) is 1.57. The summed E-state index contributed by atoms with van der Waals surface area (Å²) in [7, 11) is 0. The van der Waals surface area contributed by atoms with E-state index in [1.807, 2.05) is 25.1 Å². The normalized spacial score (nSPS) is 18.1. The number of carbonyl (C=O) groups excluding carboxylic acids is 1. The van der Waals surface area contributed by atoms with E-state index in [-0.39, 0.29) is 11.9 Å². The molecular formula is C17H27N3O2. The van der Waals surface area contributed by atoms with Gasteiger partial charge in [0.25, 0.3) is 0 Å². The van der Waals surface area contributed by atoms with E-state index in [0.29, 0.717) is 18.9 Å². The molecule has 1 aromatic carbocycles. The van der Waals surface area contributed by atoms with Gasteiger partial charge in [-0.1, -0.05) is 18.2 Å². The largest absolute Gasteiger partial charge is 0.396 e. The lowest BCUT2D eigenvalue weighted by Gasteiger charge is -2.31. The number of piperidine rings is 1. The molecular weight excluding hydrogens is 278 g/mol. The minimum atomic E-state index is -0.288. The van der Waals surface area contributed by atoms with Crippen LogP contribution in [-0.2, 0) is 11.3 Å². The maximum atomic E-state index is 11.0. The van der Waals surface area contributed by atoms with Crippen molar-refractivity contribution in [1.29, 1.82) is 0 Å². The summed E-state index contributed by atoms with van der Waals surface area (Å²) in [6.45, 7) is 5.21. The number of amides is 1. The summed E-state index contributed by atoms with van der Waals surface area (Å²) in [6, 6.07) is 8.24. The lowest BCUT2D eigenvalue weighted by atomic mass is 9.97. The Morgan fingerprint density at radius 1 is 1.41 bits per heavy atom. The van der Waals surface area contributed by atoms with Crippen LogP contribution >= 0.6 is 0 Å². The van der Waals surface area contributed by atoms with Crippen LogP contribution in [0.15, 0.2) is 24.3 Å². The molecule has 0 aromatic heterocycles. The van der Waals surface area contributed by atoms with Crippen LogP contribution in [-0.4, -0.2) is 41.7 Å². The van der Waals surface area contributed by atoms with Gasteiger partial charge in [0.15, 0.2) is 0 Å². The molecule has 5 nitrogen and oxygen atoms in total. The number of hydrogen-bond acceptors (Lipinski definition) is 4. The Morgan fingerprint density at radius 2 is 2.09 bits per heavy atom. The fraction of sp³-hybridized carbons (Fsp3) is 0.588. The van der Waals surface area contributed by atoms with E-state index < -0.39 is 0 Å². The van der Waals surface area contributed by atoms with Gasteiger partial charge < -0.3 is 16.2 Å². The van der Waals surface area contributed by atoms with Crippen molar-refractivity contribution in [3.8, 4) is 0 Å². The van der Waals surface area contributed by atoms with Crippen LogP contribution in [0, 0.1) is 5.92 Å². The average molecular weight is 305 g/mol. The number of rotatable bonds is 7. The minimum absolute atomic E-state index is 0.0266. The zero-order valence-corrected chi connectivity index (χ0v) is 13.3. The van der Waals surface area contributed by atoms with Gasteiger partial charge in [0.1, 0.15) is 0 Å². The summed E-state index contributed by atoms with van der Waals surface area (Å²) >= 11 is 0. The summed E-state index contributed by atoms with van der Waals surface area (Å²) in [5.74, 6) is 0.170. The molecule has 1 aliphatic heterocycles. The van der Waals surface area contributed by atoms with E-state index in [1.165, 1.54) is 5.56 Å². The molecule has 1 unspecified atom stereocenters. The Bertz CT molecular complexity index is 485. The van der Waals surface area contributed by atoms with Crippen LogP contribution in [0.1, 0.15) is 31.7 Å². The molecule has 4 N–H and O–H groups in total. The number of benzene rings is 1. The molecule has 5 heteroatoms. The molecule has 0 aliphatic carbocycles. The average Bonchev–Trinajstić information content (AvgIpc) is 2.49. The molecule has 1 fully saturated rings. The maximum Gasteiger partial charge on any atom is 0.219 e. The minimum Gasteiger partial charge on any atom is -0.396 e. The Morgan fingerprint density at radius 3 is 2.73 bits per heavy atom. The summed E-state index contributed by atoms with van der Waals surface area (Å²) in [5, 5.41) is 12.6. The third kappa shape index (κ3) is 5.00. The van der Waals surface area contributed by atoms with Crippen LogP contribution in [0.4, 0.5) is 5.69 Å². The fourth-order valence-corrected chi connectivity index (χ4v) is 2.99. The fourth-order valence-electron chi connectivity index (χ4n) is 2.99. The van der Waals surface area contributed by atoms with Crippen molar-refractivity contribution in [2.24, 2.45) is 11.7 Å². The monoisotopic (exact) mass is 305 g/mol. The van der Waals surface area contributed by atoms with Crippen molar-refractivity contribution in [2.45, 2.75) is 38.8 Å². The SMILES string of the molecule is CC(CC(N)=O)Nc1ccccc1CN1CCC(CO)CC1. The molecule has 1 saturated heterocycles. The van der Waals surface area contributed by atoms with E-state index in [1.54, 1.807) is 0 Å². The van der Waals surface area contributed by atoms with Gasteiger partial charge in [-0.15, -0.1) is 0 Å². The third-order valence-corrected chi connectivity index (χ3v) is 4.29. The standard InChI is InChI=1S/C17H27N3O2/c1-13(10-17(18)22)19-16-5-3-2-4-15(16)11-20-8-6-14(12-21)7-9-20/h2-5,13-14,19,21H,6-12H2,1H3,(H2,18,22). The molecule has 1 amide bonds. The molecule has 22 heavy (non-hydrogen) atoms. The van der Waals surface area contributed by atoms with Crippen molar-refractivity contribution >= 4 is 11.6 Å². The van der Waals surface area contributed by atoms with E-state index in [9.17, 15) is 9.90 Å². The maximum absolute atomic E-state index is 11.0. The quantitative estimate of drug-likeness (QED) is 0.714. The van der Waals surface area contributed by atoms with E-state index >= 15 is 0 Å². The first-order valence-corrected chi connectivity index (χ1v) is 8.04. The number of carbonyl (C=O) groups is 1. The lowest BCUT2D eigenvalue weighted by Crippen LogP contribution is -2.34. The highest BCUT2D eigenvalue weighted by Crippen LogP contribution is 2.22. The number of nitrogens with zero attached hydrogens (tertiary/aromatic N) is 1. The van der Waals surface area contributed by atoms with Crippen LogP contribution in [0.3, 0.4) is 0 Å². The summed E-state index contributed by atoms with van der Waals surface area (Å²) < 4.78 is 0. The smallest absolute Gasteiger partial charge is 0.219 e. The van der Waals surface area contributed by atoms with Crippen molar-refractivity contribution in [2.75, 3.05) is 25.0 Å². The summed E-state index contributed by atoms with van der Waals surface area (Å²) in [4.78, 5) is 13.4. The van der Waals surface area contributed by atoms with Crippen LogP contribution in [0.2, 0.25) is 0 Å². The van der Waals surface area contributed by atoms with Crippen LogP contribution < -0.4 is 11.1 Å². The first kappa shape index (κ1) is 16.8. The molecule has 122 valence electrons. The highest BCUT2D eigenvalue weighted by Gasteiger charge is 2.19. The van der Waals surface area contributed by atoms with Gasteiger partial charge >= 0.3 is 0 Å². The Balaban J connectivity index is 1.95. The molecule has 1 aliphatic rings. The molecule has 1 atom stereocenters. The third-order valence-electron chi connectivity index (χ3n) is 4.29. The Kier molecular flexibility index (Phi) is 6.21. The van der Waals surface area contributed by atoms with Crippen molar-refractivity contribution < 1.29 is 9.90 Å². The van der Waals surface area contributed by atoms with E-state index in [2.05, 4.69) is 16.3 Å². The molecule has 2 rings (SSSR count). The molecule has 0 radical (unpaired) electrons. The van der Waals surface area contributed by atoms with E-state index in [0.717, 1.165) is 38.2 Å². The topological polar surface area (TPSA) is 78.6 Å². The second kappa shape index (κ2) is 8.15. The molecule has 1 aromatic rings. The highest BCUT2D eigenvalue weighted by atomic mass is 16.3. The summed E-state index contributed by atoms with van der Waals surface area (Å²) in [6.07, 6.45) is 2.45. The summed E-state index contributed by atoms with van der Waals surface area (Å²) in [5.41, 5.74) is 7.56. The number of nitrogens with one attached hydrogen (secondary N) is 1. The Hall–Kier alpha value is -1.59. The second-order valence-corrected chi connectivity index (χ2v) is 6.28. The molecule has 0 saturated carbocycles. The number of aliphatic hydroxyl groups excluding tert-OH is 1. The predicted molar refractivity (Wildman–Crippen MR) is 88.4 cm³/mol. The van der Waals surface area contributed by atoms with Gasteiger partial charge in [-0.25, -0.2) is 0 Å². The number of hydrogen-bond donors (Lipinski definition) is 3. The van der Waals surface area contributed by atoms with Gasteiger partial charge in [-0.2, -0.15) is 0 Å². The number of anilines is 1. The molecule has 0 spiro atoms. The highest BCUT2D eigenvalue weighted by molar-refractivity contribution is 5.75. The number of aliphatic hydroxyl groups is 1. The number of para-hydroxylation sites is 1. The molecule has 1 heterocycles. The lowest BCUT2D eigenvalue weighted by molar-refractivity contribution is -0.118. The zero-order valence-electron chi connectivity index (χ0n) is 13.3. The number of nitrogens with two attached hydrogens (primary N) is 1. The number of primary amides is 1. The van der Waals surface area contributed by atoms with Crippen LogP contribution in [0.5, 0.6) is 0 Å². The second-order valence-electron chi connectivity index (χ2n) is 6.28. The van der Waals surface area contributed by atoms with Crippen LogP contribution in [0.25, 0.3) is 0 Å². The van der Waals surface area contributed by atoms with Crippen molar-refractivity contribution in [3.05, 3.63) is 29.8 Å². The first-order valence-electron chi connectivity index (χ1n) is 8.04. The molecule has 0 bridgehead atoms. The van der Waals surface area contributed by atoms with Gasteiger partial charge in [0, 0.05) is 31.3 Å². The Labute approximate surface area is 132 Å². The van der Waals surface area contributed by atoms with Gasteiger partial charge in [0.05, 0.1) is 0 Å². The van der Waals surface area contributed by atoms with E-state index in [4.69, 9.17) is 5.73 Å². The van der Waals surface area contributed by atoms with Crippen molar-refractivity contribution in [3.63, 3.8) is 0 Å². The van der Waals surface area contributed by atoms with Gasteiger partial charge in [-0.3, -0.25) is 9.69 Å². The first-order chi connectivity index (χ1) is 10.6. The van der Waals surface area contributed by atoms with Gasteiger partial charge in [-0.05, 0) is 50.4 Å².